The number of benzene rings is 1. The van der Waals surface area contributed by atoms with Crippen LogP contribution in [0.5, 0.6) is 5.75 Å². The molecule has 0 saturated carbocycles. The smallest absolute Gasteiger partial charge is 0.119 e. The van der Waals surface area contributed by atoms with Gasteiger partial charge in [-0.2, -0.15) is 10.5 Å². The molecule has 0 aromatic heterocycles. The van der Waals surface area contributed by atoms with E-state index in [2.05, 4.69) is 12.1 Å². The third-order valence-corrected chi connectivity index (χ3v) is 3.12. The van der Waals surface area contributed by atoms with Gasteiger partial charge in [-0.1, -0.05) is 6.07 Å². The predicted molar refractivity (Wildman–Crippen MR) is 58.8 cm³/mol. The van der Waals surface area contributed by atoms with Crippen molar-refractivity contribution in [1.29, 1.82) is 10.5 Å². The Morgan fingerprint density at radius 1 is 1.31 bits per heavy atom. The molecular formula is C13H12N2O. The predicted octanol–water partition coefficient (Wildman–Crippen LogP) is 2.39. The second kappa shape index (κ2) is 4.24. The summed E-state index contributed by atoms with van der Waals surface area (Å²) in [4.78, 5) is 0. The van der Waals surface area contributed by atoms with Gasteiger partial charge in [0.25, 0.3) is 0 Å². The first-order valence-electron chi connectivity index (χ1n) is 5.26. The highest BCUT2D eigenvalue weighted by atomic mass is 16.5. The zero-order valence-electron chi connectivity index (χ0n) is 9.10. The molecule has 2 atom stereocenters. The fraction of sp³-hybridized carbons (Fsp3) is 0.385. The molecule has 3 nitrogen and oxygen atoms in total. The first kappa shape index (κ1) is 10.5. The van der Waals surface area contributed by atoms with Gasteiger partial charge < -0.3 is 4.74 Å². The SMILES string of the molecule is COc1ccc2c(c1)CC[C@H](C#N)[C@H]2C#N. The minimum absolute atomic E-state index is 0.175. The molecule has 1 aliphatic carbocycles. The van der Waals surface area contributed by atoms with Crippen molar-refractivity contribution in [2.45, 2.75) is 18.8 Å². The van der Waals surface area contributed by atoms with E-state index in [1.54, 1.807) is 7.11 Å². The quantitative estimate of drug-likeness (QED) is 0.718. The molecular weight excluding hydrogens is 200 g/mol. The lowest BCUT2D eigenvalue weighted by molar-refractivity contribution is 0.412. The molecule has 0 spiro atoms. The van der Waals surface area contributed by atoms with E-state index in [9.17, 15) is 0 Å². The fourth-order valence-corrected chi connectivity index (χ4v) is 2.22. The molecule has 0 bridgehead atoms. The minimum atomic E-state index is -0.292. The van der Waals surface area contributed by atoms with Crippen molar-refractivity contribution in [2.24, 2.45) is 5.92 Å². The number of aryl methyl sites for hydroxylation is 1. The zero-order valence-corrected chi connectivity index (χ0v) is 9.10. The van der Waals surface area contributed by atoms with Gasteiger partial charge in [0.05, 0.1) is 31.1 Å². The standard InChI is InChI=1S/C13H12N2O/c1-16-11-4-5-12-9(6-11)2-3-10(7-14)13(12)8-15/h4-6,10,13H,2-3H2,1H3/t10-,13-/m1/s1. The van der Waals surface area contributed by atoms with Crippen molar-refractivity contribution in [2.75, 3.05) is 7.11 Å². The van der Waals surface area contributed by atoms with Crippen LogP contribution in [0, 0.1) is 28.6 Å². The van der Waals surface area contributed by atoms with Crippen LogP contribution in [-0.4, -0.2) is 7.11 Å². The van der Waals surface area contributed by atoms with Gasteiger partial charge >= 0.3 is 0 Å². The molecule has 0 N–H and O–H groups in total. The lowest BCUT2D eigenvalue weighted by Crippen LogP contribution is -2.18. The molecule has 0 fully saturated rings. The third-order valence-electron chi connectivity index (χ3n) is 3.12. The topological polar surface area (TPSA) is 56.8 Å². The van der Waals surface area contributed by atoms with E-state index >= 15 is 0 Å². The summed E-state index contributed by atoms with van der Waals surface area (Å²) in [6.45, 7) is 0. The number of ether oxygens (including phenoxy) is 1. The van der Waals surface area contributed by atoms with Crippen LogP contribution in [0.1, 0.15) is 23.5 Å². The Bertz CT molecular complexity index is 482. The van der Waals surface area contributed by atoms with Crippen molar-refractivity contribution in [3.05, 3.63) is 29.3 Å². The van der Waals surface area contributed by atoms with Gasteiger partial charge in [0.15, 0.2) is 0 Å². The Labute approximate surface area is 94.9 Å². The Kier molecular flexibility index (Phi) is 2.79. The van der Waals surface area contributed by atoms with Crippen LogP contribution < -0.4 is 4.74 Å². The Hall–Kier alpha value is -2.00. The Morgan fingerprint density at radius 3 is 2.75 bits per heavy atom. The third kappa shape index (κ3) is 1.61. The van der Waals surface area contributed by atoms with Crippen LogP contribution in [0.2, 0.25) is 0 Å². The van der Waals surface area contributed by atoms with E-state index < -0.39 is 0 Å². The van der Waals surface area contributed by atoms with E-state index in [1.165, 1.54) is 0 Å². The number of methoxy groups -OCH3 is 1. The summed E-state index contributed by atoms with van der Waals surface area (Å²) in [6, 6.07) is 10.2. The van der Waals surface area contributed by atoms with E-state index in [-0.39, 0.29) is 11.8 Å². The van der Waals surface area contributed by atoms with Gasteiger partial charge in [0, 0.05) is 0 Å². The molecule has 1 aromatic carbocycles. The highest BCUT2D eigenvalue weighted by Gasteiger charge is 2.29. The van der Waals surface area contributed by atoms with Crippen LogP contribution in [0.4, 0.5) is 0 Å². The average Bonchev–Trinajstić information content (AvgIpc) is 2.36. The molecule has 0 heterocycles. The Balaban J connectivity index is 2.44. The first-order valence-corrected chi connectivity index (χ1v) is 5.26. The molecule has 1 aromatic rings. The van der Waals surface area contributed by atoms with Crippen molar-refractivity contribution >= 4 is 0 Å². The van der Waals surface area contributed by atoms with Gasteiger partial charge in [0.2, 0.25) is 0 Å². The maximum absolute atomic E-state index is 9.13. The van der Waals surface area contributed by atoms with E-state index in [1.807, 2.05) is 18.2 Å². The second-order valence-corrected chi connectivity index (χ2v) is 3.95. The van der Waals surface area contributed by atoms with Gasteiger partial charge in [-0.3, -0.25) is 0 Å². The average molecular weight is 212 g/mol. The van der Waals surface area contributed by atoms with Crippen molar-refractivity contribution in [3.8, 4) is 17.9 Å². The van der Waals surface area contributed by atoms with Crippen molar-refractivity contribution < 1.29 is 4.74 Å². The van der Waals surface area contributed by atoms with Crippen molar-refractivity contribution in [3.63, 3.8) is 0 Å². The molecule has 0 radical (unpaired) electrons. The molecule has 0 amide bonds. The van der Waals surface area contributed by atoms with Crippen LogP contribution in [-0.2, 0) is 6.42 Å². The van der Waals surface area contributed by atoms with Crippen LogP contribution in [0.3, 0.4) is 0 Å². The minimum Gasteiger partial charge on any atom is -0.497 e. The fourth-order valence-electron chi connectivity index (χ4n) is 2.22. The van der Waals surface area contributed by atoms with Crippen LogP contribution in [0.15, 0.2) is 18.2 Å². The summed E-state index contributed by atoms with van der Waals surface area (Å²) < 4.78 is 5.15. The summed E-state index contributed by atoms with van der Waals surface area (Å²) in [5.41, 5.74) is 2.12. The number of fused-ring (bicyclic) bond motifs is 1. The second-order valence-electron chi connectivity index (χ2n) is 3.95. The molecule has 16 heavy (non-hydrogen) atoms. The highest BCUT2D eigenvalue weighted by Crippen LogP contribution is 2.36. The maximum atomic E-state index is 9.13. The maximum Gasteiger partial charge on any atom is 0.119 e. The monoisotopic (exact) mass is 212 g/mol. The number of hydrogen-bond donors (Lipinski definition) is 0. The number of nitrogens with zero attached hydrogens (tertiary/aromatic N) is 2. The summed E-state index contributed by atoms with van der Waals surface area (Å²) in [7, 11) is 1.63. The van der Waals surface area contributed by atoms with Gasteiger partial charge in [-0.25, -0.2) is 0 Å². The lowest BCUT2D eigenvalue weighted by atomic mass is 9.76. The van der Waals surface area contributed by atoms with Gasteiger partial charge in [-0.15, -0.1) is 0 Å². The molecule has 3 heteroatoms. The summed E-state index contributed by atoms with van der Waals surface area (Å²) in [6.07, 6.45) is 1.61. The lowest BCUT2D eigenvalue weighted by Gasteiger charge is -2.24. The molecule has 80 valence electrons. The summed E-state index contributed by atoms with van der Waals surface area (Å²) >= 11 is 0. The number of hydrogen-bond acceptors (Lipinski definition) is 3. The number of rotatable bonds is 1. The molecule has 1 aliphatic rings. The molecule has 2 rings (SSSR count). The number of nitriles is 2. The first-order chi connectivity index (χ1) is 7.80. The molecule has 0 unspecified atom stereocenters. The van der Waals surface area contributed by atoms with E-state index in [0.717, 1.165) is 29.7 Å². The molecule has 0 saturated heterocycles. The zero-order chi connectivity index (χ0) is 11.5. The summed E-state index contributed by atoms with van der Waals surface area (Å²) in [5, 5.41) is 18.1. The normalized spacial score (nSPS) is 22.7. The van der Waals surface area contributed by atoms with E-state index in [0.29, 0.717) is 0 Å². The van der Waals surface area contributed by atoms with E-state index in [4.69, 9.17) is 15.3 Å². The van der Waals surface area contributed by atoms with Gasteiger partial charge in [0.1, 0.15) is 5.75 Å². The summed E-state index contributed by atoms with van der Waals surface area (Å²) in [5.74, 6) is 0.344. The van der Waals surface area contributed by atoms with Crippen LogP contribution in [0.25, 0.3) is 0 Å². The molecule has 0 aliphatic heterocycles. The van der Waals surface area contributed by atoms with Gasteiger partial charge in [-0.05, 0) is 36.1 Å². The van der Waals surface area contributed by atoms with Crippen molar-refractivity contribution in [1.82, 2.24) is 0 Å². The Morgan fingerprint density at radius 2 is 2.12 bits per heavy atom. The van der Waals surface area contributed by atoms with Crippen LogP contribution >= 0.6 is 0 Å². The largest absolute Gasteiger partial charge is 0.497 e. The highest BCUT2D eigenvalue weighted by molar-refractivity contribution is 5.43.